The van der Waals surface area contributed by atoms with Crippen LogP contribution in [0.1, 0.15) is 5.56 Å². The fourth-order valence-electron chi connectivity index (χ4n) is 1.11. The SMILES string of the molecule is NC1C=NC(c2cccnc2)=NC1. The van der Waals surface area contributed by atoms with Crippen molar-refractivity contribution in [1.29, 1.82) is 0 Å². The van der Waals surface area contributed by atoms with E-state index in [0.29, 0.717) is 6.54 Å². The molecule has 66 valence electrons. The van der Waals surface area contributed by atoms with Gasteiger partial charge in [0.1, 0.15) is 0 Å². The molecule has 4 nitrogen and oxygen atoms in total. The summed E-state index contributed by atoms with van der Waals surface area (Å²) in [5.74, 6) is 0.717. The van der Waals surface area contributed by atoms with Crippen molar-refractivity contribution in [2.75, 3.05) is 6.54 Å². The molecule has 0 aromatic carbocycles. The van der Waals surface area contributed by atoms with Gasteiger partial charge in [0.15, 0.2) is 5.84 Å². The van der Waals surface area contributed by atoms with Gasteiger partial charge in [0.25, 0.3) is 0 Å². The van der Waals surface area contributed by atoms with Gasteiger partial charge in [-0.2, -0.15) is 0 Å². The molecule has 2 rings (SSSR count). The van der Waals surface area contributed by atoms with Gasteiger partial charge in [-0.25, -0.2) is 4.99 Å². The second-order valence-corrected chi connectivity index (χ2v) is 2.85. The van der Waals surface area contributed by atoms with Crippen LogP contribution in [-0.2, 0) is 0 Å². The largest absolute Gasteiger partial charge is 0.322 e. The zero-order valence-electron chi connectivity index (χ0n) is 7.09. The van der Waals surface area contributed by atoms with Gasteiger partial charge in [-0.1, -0.05) is 0 Å². The fourth-order valence-corrected chi connectivity index (χ4v) is 1.11. The minimum absolute atomic E-state index is 0.0413. The number of rotatable bonds is 1. The molecule has 1 unspecified atom stereocenters. The lowest BCUT2D eigenvalue weighted by atomic mass is 10.2. The second-order valence-electron chi connectivity index (χ2n) is 2.85. The lowest BCUT2D eigenvalue weighted by Gasteiger charge is -2.09. The minimum Gasteiger partial charge on any atom is -0.322 e. The van der Waals surface area contributed by atoms with Crippen molar-refractivity contribution in [2.24, 2.45) is 15.7 Å². The zero-order valence-corrected chi connectivity index (χ0v) is 7.09. The van der Waals surface area contributed by atoms with Gasteiger partial charge in [-0.3, -0.25) is 9.98 Å². The van der Waals surface area contributed by atoms with E-state index in [-0.39, 0.29) is 6.04 Å². The highest BCUT2D eigenvalue weighted by atomic mass is 15.0. The average molecular weight is 174 g/mol. The second kappa shape index (κ2) is 3.45. The third-order valence-corrected chi connectivity index (χ3v) is 1.76. The fraction of sp³-hybridized carbons (Fsp3) is 0.222. The number of pyridine rings is 1. The van der Waals surface area contributed by atoms with Crippen LogP contribution in [0.3, 0.4) is 0 Å². The Labute approximate surface area is 76.2 Å². The van der Waals surface area contributed by atoms with Crippen LogP contribution in [0.2, 0.25) is 0 Å². The maximum atomic E-state index is 5.60. The third kappa shape index (κ3) is 1.78. The van der Waals surface area contributed by atoms with E-state index in [1.165, 1.54) is 0 Å². The molecule has 0 fully saturated rings. The molecule has 0 saturated heterocycles. The number of nitrogens with two attached hydrogens (primary N) is 1. The normalized spacial score (nSPS) is 21.3. The standard InChI is InChI=1S/C9H10N4/c10-8-5-12-9(13-6-8)7-2-1-3-11-4-7/h1-5,8H,6,10H2. The Hall–Kier alpha value is -1.55. The molecule has 1 aliphatic rings. The Bertz CT molecular complexity index is 342. The minimum atomic E-state index is -0.0413. The Kier molecular flexibility index (Phi) is 2.14. The summed E-state index contributed by atoms with van der Waals surface area (Å²) in [7, 11) is 0. The third-order valence-electron chi connectivity index (χ3n) is 1.76. The summed E-state index contributed by atoms with van der Waals surface area (Å²) in [6.07, 6.45) is 5.19. The first kappa shape index (κ1) is 8.07. The molecule has 0 spiro atoms. The number of nitrogens with zero attached hydrogens (tertiary/aromatic N) is 3. The molecule has 1 aliphatic heterocycles. The Balaban J connectivity index is 2.25. The molecule has 1 aromatic rings. The Morgan fingerprint density at radius 2 is 2.38 bits per heavy atom. The van der Waals surface area contributed by atoms with Crippen molar-refractivity contribution < 1.29 is 0 Å². The first-order chi connectivity index (χ1) is 6.36. The summed E-state index contributed by atoms with van der Waals surface area (Å²) in [6.45, 7) is 0.605. The summed E-state index contributed by atoms with van der Waals surface area (Å²) in [5.41, 5.74) is 6.54. The number of aromatic nitrogens is 1. The molecule has 0 bridgehead atoms. The predicted octanol–water partition coefficient (Wildman–Crippen LogP) is 0.240. The molecule has 1 aromatic heterocycles. The maximum Gasteiger partial charge on any atom is 0.155 e. The molecular formula is C9H10N4. The molecule has 0 radical (unpaired) electrons. The molecule has 0 aliphatic carbocycles. The van der Waals surface area contributed by atoms with E-state index in [2.05, 4.69) is 15.0 Å². The van der Waals surface area contributed by atoms with Crippen molar-refractivity contribution in [3.63, 3.8) is 0 Å². The van der Waals surface area contributed by atoms with Crippen molar-refractivity contribution >= 4 is 12.1 Å². The first-order valence-corrected chi connectivity index (χ1v) is 4.11. The quantitative estimate of drug-likeness (QED) is 0.662. The van der Waals surface area contributed by atoms with Crippen LogP contribution in [0, 0.1) is 0 Å². The first-order valence-electron chi connectivity index (χ1n) is 4.11. The molecule has 2 heterocycles. The van der Waals surface area contributed by atoms with E-state index in [4.69, 9.17) is 5.73 Å². The highest BCUT2D eigenvalue weighted by Gasteiger charge is 2.07. The number of aliphatic imine (C=N–C) groups is 2. The maximum absolute atomic E-state index is 5.60. The van der Waals surface area contributed by atoms with Crippen LogP contribution >= 0.6 is 0 Å². The van der Waals surface area contributed by atoms with Gasteiger partial charge in [-0.05, 0) is 12.1 Å². The van der Waals surface area contributed by atoms with Crippen LogP contribution < -0.4 is 5.73 Å². The number of hydrogen-bond donors (Lipinski definition) is 1. The molecule has 0 saturated carbocycles. The number of hydrogen-bond acceptors (Lipinski definition) is 4. The summed E-state index contributed by atoms with van der Waals surface area (Å²) < 4.78 is 0. The molecular weight excluding hydrogens is 164 g/mol. The summed E-state index contributed by atoms with van der Waals surface area (Å²) in [6, 6.07) is 3.75. The lowest BCUT2D eigenvalue weighted by Crippen LogP contribution is -2.29. The van der Waals surface area contributed by atoms with E-state index in [1.54, 1.807) is 18.6 Å². The van der Waals surface area contributed by atoms with E-state index < -0.39 is 0 Å². The van der Waals surface area contributed by atoms with Crippen molar-refractivity contribution in [3.05, 3.63) is 30.1 Å². The highest BCUT2D eigenvalue weighted by molar-refractivity contribution is 6.04. The van der Waals surface area contributed by atoms with E-state index in [0.717, 1.165) is 11.4 Å². The van der Waals surface area contributed by atoms with E-state index >= 15 is 0 Å². The van der Waals surface area contributed by atoms with Crippen LogP contribution in [0.25, 0.3) is 0 Å². The zero-order chi connectivity index (χ0) is 9.10. The topological polar surface area (TPSA) is 63.6 Å². The summed E-state index contributed by atoms with van der Waals surface area (Å²) in [4.78, 5) is 12.4. The monoisotopic (exact) mass is 174 g/mol. The number of amidine groups is 1. The highest BCUT2D eigenvalue weighted by Crippen LogP contribution is 2.03. The van der Waals surface area contributed by atoms with Crippen LogP contribution in [-0.4, -0.2) is 29.6 Å². The van der Waals surface area contributed by atoms with Gasteiger partial charge in [-0.15, -0.1) is 0 Å². The smallest absolute Gasteiger partial charge is 0.155 e. The van der Waals surface area contributed by atoms with Crippen LogP contribution in [0.4, 0.5) is 0 Å². The van der Waals surface area contributed by atoms with Gasteiger partial charge in [0, 0.05) is 24.2 Å². The molecule has 2 N–H and O–H groups in total. The lowest BCUT2D eigenvalue weighted by molar-refractivity contribution is 0.863. The Morgan fingerprint density at radius 1 is 1.46 bits per heavy atom. The molecule has 0 amide bonds. The average Bonchev–Trinajstić information content (AvgIpc) is 2.20. The predicted molar refractivity (Wildman–Crippen MR) is 52.1 cm³/mol. The summed E-state index contributed by atoms with van der Waals surface area (Å²) >= 11 is 0. The van der Waals surface area contributed by atoms with Crippen LogP contribution in [0.15, 0.2) is 34.5 Å². The Morgan fingerprint density at radius 3 is 3.00 bits per heavy atom. The van der Waals surface area contributed by atoms with Gasteiger partial charge in [0.2, 0.25) is 0 Å². The van der Waals surface area contributed by atoms with Crippen molar-refractivity contribution in [3.8, 4) is 0 Å². The van der Waals surface area contributed by atoms with E-state index in [1.807, 2.05) is 12.1 Å². The van der Waals surface area contributed by atoms with Gasteiger partial charge in [0.05, 0.1) is 12.6 Å². The van der Waals surface area contributed by atoms with E-state index in [9.17, 15) is 0 Å². The van der Waals surface area contributed by atoms with Gasteiger partial charge < -0.3 is 5.73 Å². The van der Waals surface area contributed by atoms with Crippen LogP contribution in [0.5, 0.6) is 0 Å². The van der Waals surface area contributed by atoms with Crippen molar-refractivity contribution in [2.45, 2.75) is 6.04 Å². The summed E-state index contributed by atoms with van der Waals surface area (Å²) in [5, 5.41) is 0. The van der Waals surface area contributed by atoms with Crippen molar-refractivity contribution in [1.82, 2.24) is 4.98 Å². The molecule has 1 atom stereocenters. The molecule has 13 heavy (non-hydrogen) atoms. The van der Waals surface area contributed by atoms with Gasteiger partial charge >= 0.3 is 0 Å². The molecule has 4 heteroatoms.